The van der Waals surface area contributed by atoms with Gasteiger partial charge in [0, 0.05) is 19.8 Å². The van der Waals surface area contributed by atoms with Crippen molar-refractivity contribution in [3.05, 3.63) is 0 Å². The average molecular weight is 254 g/mol. The van der Waals surface area contributed by atoms with Crippen LogP contribution in [-0.2, 0) is 9.47 Å². The fourth-order valence-corrected chi connectivity index (χ4v) is 2.41. The predicted octanol–water partition coefficient (Wildman–Crippen LogP) is 2.10. The minimum atomic E-state index is 0.196. The fraction of sp³-hybridized carbons (Fsp3) is 0.929. The average Bonchev–Trinajstić information content (AvgIpc) is 2.62. The summed E-state index contributed by atoms with van der Waals surface area (Å²) < 4.78 is 10.3. The first-order valence-electron chi connectivity index (χ1n) is 7.08. The SMILES string of the molecule is COCCOCCCNC1CCCCCC1C#N. The van der Waals surface area contributed by atoms with Gasteiger partial charge >= 0.3 is 0 Å². The third-order valence-electron chi connectivity index (χ3n) is 3.49. The number of ether oxygens (including phenoxy) is 2. The predicted molar refractivity (Wildman–Crippen MR) is 71.3 cm³/mol. The molecule has 1 rings (SSSR count). The maximum Gasteiger partial charge on any atom is 0.0700 e. The van der Waals surface area contributed by atoms with Gasteiger partial charge in [0.05, 0.1) is 25.2 Å². The van der Waals surface area contributed by atoms with E-state index < -0.39 is 0 Å². The van der Waals surface area contributed by atoms with Crippen LogP contribution in [0.5, 0.6) is 0 Å². The Morgan fingerprint density at radius 1 is 1.17 bits per heavy atom. The van der Waals surface area contributed by atoms with Gasteiger partial charge in [0.15, 0.2) is 0 Å². The summed E-state index contributed by atoms with van der Waals surface area (Å²) in [5, 5.41) is 12.7. The van der Waals surface area contributed by atoms with Crippen LogP contribution in [0.15, 0.2) is 0 Å². The molecule has 0 amide bonds. The summed E-state index contributed by atoms with van der Waals surface area (Å²) in [7, 11) is 1.68. The lowest BCUT2D eigenvalue weighted by atomic mass is 9.96. The Morgan fingerprint density at radius 3 is 2.78 bits per heavy atom. The second kappa shape index (κ2) is 10.3. The lowest BCUT2D eigenvalue weighted by Gasteiger charge is -2.20. The number of hydrogen-bond donors (Lipinski definition) is 1. The number of rotatable bonds is 8. The van der Waals surface area contributed by atoms with Gasteiger partial charge in [-0.3, -0.25) is 0 Å². The van der Waals surface area contributed by atoms with Crippen LogP contribution >= 0.6 is 0 Å². The zero-order chi connectivity index (χ0) is 13.1. The molecule has 0 aromatic heterocycles. The summed E-state index contributed by atoms with van der Waals surface area (Å²) in [6.45, 7) is 3.03. The Kier molecular flexibility index (Phi) is 8.83. The van der Waals surface area contributed by atoms with Crippen LogP contribution in [0, 0.1) is 17.2 Å². The first-order chi connectivity index (χ1) is 8.88. The van der Waals surface area contributed by atoms with Crippen LogP contribution in [0.25, 0.3) is 0 Å². The Labute approximate surface area is 111 Å². The number of hydrogen-bond acceptors (Lipinski definition) is 4. The summed E-state index contributed by atoms with van der Waals surface area (Å²) in [6.07, 6.45) is 6.92. The molecule has 4 nitrogen and oxygen atoms in total. The summed E-state index contributed by atoms with van der Waals surface area (Å²) in [5.74, 6) is 0.196. The maximum atomic E-state index is 9.16. The highest BCUT2D eigenvalue weighted by Crippen LogP contribution is 2.22. The van der Waals surface area contributed by atoms with Crippen LogP contribution in [0.3, 0.4) is 0 Å². The summed E-state index contributed by atoms with van der Waals surface area (Å²) in [4.78, 5) is 0. The van der Waals surface area contributed by atoms with E-state index in [9.17, 15) is 0 Å². The molecule has 1 saturated carbocycles. The summed E-state index contributed by atoms with van der Waals surface area (Å²) >= 11 is 0. The van der Waals surface area contributed by atoms with Crippen molar-refractivity contribution in [3.8, 4) is 6.07 Å². The smallest absolute Gasteiger partial charge is 0.0700 e. The molecule has 0 radical (unpaired) electrons. The molecule has 4 heteroatoms. The highest BCUT2D eigenvalue weighted by atomic mass is 16.5. The van der Waals surface area contributed by atoms with Crippen molar-refractivity contribution in [3.63, 3.8) is 0 Å². The van der Waals surface area contributed by atoms with Crippen LogP contribution in [0.2, 0.25) is 0 Å². The number of methoxy groups -OCH3 is 1. The van der Waals surface area contributed by atoms with Crippen molar-refractivity contribution in [1.29, 1.82) is 5.26 Å². The Bertz CT molecular complexity index is 240. The van der Waals surface area contributed by atoms with Gasteiger partial charge in [-0.15, -0.1) is 0 Å². The third-order valence-corrected chi connectivity index (χ3v) is 3.49. The van der Waals surface area contributed by atoms with Gasteiger partial charge in [-0.05, 0) is 25.8 Å². The van der Waals surface area contributed by atoms with Crippen LogP contribution < -0.4 is 5.32 Å². The van der Waals surface area contributed by atoms with E-state index in [0.717, 1.165) is 32.4 Å². The van der Waals surface area contributed by atoms with E-state index in [0.29, 0.717) is 19.3 Å². The van der Waals surface area contributed by atoms with E-state index >= 15 is 0 Å². The minimum absolute atomic E-state index is 0.196. The molecule has 104 valence electrons. The van der Waals surface area contributed by atoms with Crippen molar-refractivity contribution < 1.29 is 9.47 Å². The van der Waals surface area contributed by atoms with Crippen LogP contribution in [0.4, 0.5) is 0 Å². The van der Waals surface area contributed by atoms with Crippen molar-refractivity contribution in [2.45, 2.75) is 44.6 Å². The largest absolute Gasteiger partial charge is 0.382 e. The molecule has 0 saturated heterocycles. The highest BCUT2D eigenvalue weighted by Gasteiger charge is 2.22. The summed E-state index contributed by atoms with van der Waals surface area (Å²) in [5.41, 5.74) is 0. The van der Waals surface area contributed by atoms with E-state index in [1.54, 1.807) is 7.11 Å². The zero-order valence-electron chi connectivity index (χ0n) is 11.5. The molecule has 1 aliphatic rings. The molecular weight excluding hydrogens is 228 g/mol. The van der Waals surface area contributed by atoms with Gasteiger partial charge in [-0.2, -0.15) is 5.26 Å². The van der Waals surface area contributed by atoms with E-state index in [1.807, 2.05) is 0 Å². The van der Waals surface area contributed by atoms with Gasteiger partial charge < -0.3 is 14.8 Å². The molecule has 0 aromatic carbocycles. The topological polar surface area (TPSA) is 54.3 Å². The van der Waals surface area contributed by atoms with E-state index in [4.69, 9.17) is 14.7 Å². The second-order valence-electron chi connectivity index (χ2n) is 4.89. The first-order valence-corrected chi connectivity index (χ1v) is 7.08. The monoisotopic (exact) mass is 254 g/mol. The molecule has 1 fully saturated rings. The Hall–Kier alpha value is -0.630. The van der Waals surface area contributed by atoms with Crippen LogP contribution in [0.1, 0.15) is 38.5 Å². The molecular formula is C14H26N2O2. The number of nitriles is 1. The number of nitrogens with one attached hydrogen (secondary N) is 1. The third kappa shape index (κ3) is 6.34. The molecule has 0 heterocycles. The highest BCUT2D eigenvalue weighted by molar-refractivity contribution is 4.93. The Morgan fingerprint density at radius 2 is 2.00 bits per heavy atom. The molecule has 0 aromatic rings. The van der Waals surface area contributed by atoms with Crippen molar-refractivity contribution >= 4 is 0 Å². The first kappa shape index (κ1) is 15.4. The van der Waals surface area contributed by atoms with Gasteiger partial charge in [0.25, 0.3) is 0 Å². The van der Waals surface area contributed by atoms with E-state index in [-0.39, 0.29) is 5.92 Å². The molecule has 18 heavy (non-hydrogen) atoms. The standard InChI is InChI=1S/C14H26N2O2/c1-17-10-11-18-9-5-8-16-14-7-4-2-3-6-13(14)12-15/h13-14,16H,2-11H2,1H3. The molecule has 0 bridgehead atoms. The lowest BCUT2D eigenvalue weighted by molar-refractivity contribution is 0.0691. The maximum absolute atomic E-state index is 9.16. The van der Waals surface area contributed by atoms with Gasteiger partial charge in [-0.25, -0.2) is 0 Å². The van der Waals surface area contributed by atoms with Crippen molar-refractivity contribution in [2.75, 3.05) is 33.5 Å². The van der Waals surface area contributed by atoms with Gasteiger partial charge in [0.1, 0.15) is 0 Å². The number of nitrogens with zero attached hydrogens (tertiary/aromatic N) is 1. The Balaban J connectivity index is 2.07. The van der Waals surface area contributed by atoms with Crippen LogP contribution in [-0.4, -0.2) is 39.5 Å². The summed E-state index contributed by atoms with van der Waals surface area (Å²) in [6, 6.07) is 2.84. The lowest BCUT2D eigenvalue weighted by Crippen LogP contribution is -2.36. The molecule has 1 aliphatic carbocycles. The molecule has 0 spiro atoms. The van der Waals surface area contributed by atoms with Gasteiger partial charge in [0.2, 0.25) is 0 Å². The normalized spacial score (nSPS) is 24.4. The quantitative estimate of drug-likeness (QED) is 0.532. The van der Waals surface area contributed by atoms with E-state index in [2.05, 4.69) is 11.4 Å². The molecule has 1 N–H and O–H groups in total. The zero-order valence-corrected chi connectivity index (χ0v) is 11.5. The molecule has 0 aliphatic heterocycles. The van der Waals surface area contributed by atoms with Gasteiger partial charge in [-0.1, -0.05) is 19.3 Å². The minimum Gasteiger partial charge on any atom is -0.382 e. The molecule has 2 unspecified atom stereocenters. The second-order valence-corrected chi connectivity index (χ2v) is 4.89. The fourth-order valence-electron chi connectivity index (χ4n) is 2.41. The van der Waals surface area contributed by atoms with E-state index in [1.165, 1.54) is 19.3 Å². The molecule has 2 atom stereocenters. The van der Waals surface area contributed by atoms with Crippen molar-refractivity contribution in [1.82, 2.24) is 5.32 Å². The van der Waals surface area contributed by atoms with Crippen molar-refractivity contribution in [2.24, 2.45) is 5.92 Å².